The molecule has 0 spiro atoms. The number of amides is 1. The number of nitrogens with one attached hydrogen (secondary N) is 1. The summed E-state index contributed by atoms with van der Waals surface area (Å²) in [5.74, 6) is 0.458. The van der Waals surface area contributed by atoms with Crippen LogP contribution in [0.25, 0.3) is 11.0 Å². The molecule has 9 nitrogen and oxygen atoms in total. The van der Waals surface area contributed by atoms with Gasteiger partial charge >= 0.3 is 0 Å². The number of aryl methyl sites for hydroxylation is 1. The molecule has 0 radical (unpaired) electrons. The SMILES string of the molecule is C=CC(=O)N1CC(CCn2c(=O)ccc3cnc(Nc4cnn(CC(F)F)c4)nc32)C1. The average Bonchev–Trinajstić information content (AvgIpc) is 3.13. The molecule has 3 aromatic heterocycles. The van der Waals surface area contributed by atoms with Gasteiger partial charge in [0.25, 0.3) is 12.0 Å². The molecule has 1 fully saturated rings. The van der Waals surface area contributed by atoms with Gasteiger partial charge in [0, 0.05) is 43.5 Å². The van der Waals surface area contributed by atoms with Gasteiger partial charge in [-0.1, -0.05) is 6.58 Å². The van der Waals surface area contributed by atoms with Crippen molar-refractivity contribution in [3.8, 4) is 0 Å². The van der Waals surface area contributed by atoms with Gasteiger partial charge in [-0.25, -0.2) is 13.8 Å². The van der Waals surface area contributed by atoms with Crippen LogP contribution in [0.4, 0.5) is 20.4 Å². The fourth-order valence-electron chi connectivity index (χ4n) is 3.52. The number of carbonyl (C=O) groups is 1. The number of nitrogens with zero attached hydrogens (tertiary/aromatic N) is 6. The van der Waals surface area contributed by atoms with E-state index in [1.54, 1.807) is 21.7 Å². The quantitative estimate of drug-likeness (QED) is 0.551. The van der Waals surface area contributed by atoms with Crippen LogP contribution in [0.15, 0.2) is 48.2 Å². The molecule has 1 aliphatic heterocycles. The molecule has 4 rings (SSSR count). The molecule has 0 aromatic carbocycles. The zero-order chi connectivity index (χ0) is 22.0. The summed E-state index contributed by atoms with van der Waals surface area (Å²) >= 11 is 0. The highest BCUT2D eigenvalue weighted by Crippen LogP contribution is 2.21. The Balaban J connectivity index is 1.49. The summed E-state index contributed by atoms with van der Waals surface area (Å²) in [6.45, 7) is 4.73. The number of carbonyl (C=O) groups excluding carboxylic acids is 1. The lowest BCUT2D eigenvalue weighted by Gasteiger charge is -2.38. The van der Waals surface area contributed by atoms with Crippen molar-refractivity contribution in [1.82, 2.24) is 29.2 Å². The maximum Gasteiger partial charge on any atom is 0.257 e. The minimum atomic E-state index is -2.50. The Morgan fingerprint density at radius 3 is 2.87 bits per heavy atom. The normalized spacial score (nSPS) is 14.1. The van der Waals surface area contributed by atoms with E-state index in [4.69, 9.17) is 0 Å². The van der Waals surface area contributed by atoms with E-state index in [0.717, 1.165) is 11.1 Å². The smallest absolute Gasteiger partial charge is 0.257 e. The van der Waals surface area contributed by atoms with Crippen LogP contribution in [0.3, 0.4) is 0 Å². The first-order valence-electron chi connectivity index (χ1n) is 9.78. The monoisotopic (exact) mass is 429 g/mol. The molecule has 1 saturated heterocycles. The van der Waals surface area contributed by atoms with Crippen LogP contribution in [0.1, 0.15) is 6.42 Å². The molecule has 0 aliphatic carbocycles. The van der Waals surface area contributed by atoms with Gasteiger partial charge < -0.3 is 10.2 Å². The Morgan fingerprint density at radius 1 is 1.32 bits per heavy atom. The number of pyridine rings is 1. The minimum Gasteiger partial charge on any atom is -0.338 e. The number of rotatable bonds is 8. The van der Waals surface area contributed by atoms with Crippen molar-refractivity contribution in [3.05, 3.63) is 53.7 Å². The number of hydrogen-bond donors (Lipinski definition) is 1. The Kier molecular flexibility index (Phi) is 5.74. The number of halogens is 2. The second-order valence-corrected chi connectivity index (χ2v) is 7.36. The van der Waals surface area contributed by atoms with Crippen molar-refractivity contribution in [3.63, 3.8) is 0 Å². The van der Waals surface area contributed by atoms with Crippen molar-refractivity contribution < 1.29 is 13.6 Å². The van der Waals surface area contributed by atoms with Crippen molar-refractivity contribution in [1.29, 1.82) is 0 Å². The first-order chi connectivity index (χ1) is 14.9. The maximum atomic E-state index is 12.5. The van der Waals surface area contributed by atoms with Crippen LogP contribution in [-0.4, -0.2) is 54.6 Å². The zero-order valence-corrected chi connectivity index (χ0v) is 16.6. The minimum absolute atomic E-state index is 0.0843. The Morgan fingerprint density at radius 2 is 2.13 bits per heavy atom. The van der Waals surface area contributed by atoms with Gasteiger partial charge in [-0.2, -0.15) is 10.1 Å². The third-order valence-corrected chi connectivity index (χ3v) is 5.14. The predicted octanol–water partition coefficient (Wildman–Crippen LogP) is 2.03. The topological polar surface area (TPSA) is 97.9 Å². The lowest BCUT2D eigenvalue weighted by Crippen LogP contribution is -2.49. The fraction of sp³-hybridized carbons (Fsp3) is 0.350. The van der Waals surface area contributed by atoms with Crippen LogP contribution in [0.2, 0.25) is 0 Å². The first-order valence-corrected chi connectivity index (χ1v) is 9.78. The van der Waals surface area contributed by atoms with Crippen molar-refractivity contribution in [2.75, 3.05) is 18.4 Å². The summed E-state index contributed by atoms with van der Waals surface area (Å²) in [4.78, 5) is 34.4. The summed E-state index contributed by atoms with van der Waals surface area (Å²) in [6, 6.07) is 3.13. The van der Waals surface area contributed by atoms with Gasteiger partial charge in [0.05, 0.1) is 11.9 Å². The Labute approximate surface area is 176 Å². The molecule has 3 aromatic rings. The number of likely N-dealkylation sites (tertiary alicyclic amines) is 1. The van der Waals surface area contributed by atoms with Gasteiger partial charge in [-0.3, -0.25) is 18.8 Å². The van der Waals surface area contributed by atoms with Crippen molar-refractivity contribution in [2.45, 2.75) is 25.9 Å². The van der Waals surface area contributed by atoms with E-state index in [2.05, 4.69) is 27.0 Å². The van der Waals surface area contributed by atoms with E-state index in [0.29, 0.717) is 42.3 Å². The van der Waals surface area contributed by atoms with Crippen LogP contribution in [0.5, 0.6) is 0 Å². The molecule has 162 valence electrons. The first kappa shape index (κ1) is 20.6. The van der Waals surface area contributed by atoms with Gasteiger partial charge in [-0.15, -0.1) is 0 Å². The fourth-order valence-corrected chi connectivity index (χ4v) is 3.52. The molecule has 4 heterocycles. The van der Waals surface area contributed by atoms with E-state index in [9.17, 15) is 18.4 Å². The highest BCUT2D eigenvalue weighted by atomic mass is 19.3. The second-order valence-electron chi connectivity index (χ2n) is 7.36. The van der Waals surface area contributed by atoms with Crippen molar-refractivity contribution in [2.24, 2.45) is 5.92 Å². The summed E-state index contributed by atoms with van der Waals surface area (Å²) in [6.07, 6.45) is 3.96. The predicted molar refractivity (Wildman–Crippen MR) is 110 cm³/mol. The number of anilines is 2. The van der Waals surface area contributed by atoms with E-state index < -0.39 is 13.0 Å². The van der Waals surface area contributed by atoms with Crippen LogP contribution < -0.4 is 10.9 Å². The van der Waals surface area contributed by atoms with Gasteiger partial charge in [0.15, 0.2) is 0 Å². The molecule has 11 heteroatoms. The number of hydrogen-bond acceptors (Lipinski definition) is 6. The lowest BCUT2D eigenvalue weighted by atomic mass is 9.96. The molecule has 31 heavy (non-hydrogen) atoms. The van der Waals surface area contributed by atoms with E-state index in [1.165, 1.54) is 24.5 Å². The van der Waals surface area contributed by atoms with Gasteiger partial charge in [-0.05, 0) is 24.5 Å². The van der Waals surface area contributed by atoms with Crippen LogP contribution in [0, 0.1) is 5.92 Å². The molecule has 1 aliphatic rings. The average molecular weight is 429 g/mol. The van der Waals surface area contributed by atoms with Gasteiger partial charge in [0.2, 0.25) is 11.9 Å². The van der Waals surface area contributed by atoms with Crippen LogP contribution in [-0.2, 0) is 17.9 Å². The molecule has 0 saturated carbocycles. The molecule has 1 N–H and O–H groups in total. The summed E-state index contributed by atoms with van der Waals surface area (Å²) in [7, 11) is 0. The standard InChI is InChI=1S/C20H21F2N7O2/c1-2-17(30)27-9-13(10-27)5-6-29-18(31)4-3-14-7-23-20(26-19(14)29)25-15-8-24-28(11-15)12-16(21)22/h2-4,7-8,11,13,16H,1,5-6,9-10,12H2,(H,23,25,26). The largest absolute Gasteiger partial charge is 0.338 e. The van der Waals surface area contributed by atoms with E-state index in [1.807, 2.05) is 0 Å². The van der Waals surface area contributed by atoms with Gasteiger partial charge in [0.1, 0.15) is 12.2 Å². The van der Waals surface area contributed by atoms with E-state index in [-0.39, 0.29) is 17.4 Å². The number of fused-ring (bicyclic) bond motifs is 1. The summed E-state index contributed by atoms with van der Waals surface area (Å²) in [5, 5.41) is 7.50. The summed E-state index contributed by atoms with van der Waals surface area (Å²) < 4.78 is 27.7. The van der Waals surface area contributed by atoms with E-state index >= 15 is 0 Å². The third kappa shape index (κ3) is 4.60. The second kappa shape index (κ2) is 8.62. The van der Waals surface area contributed by atoms with Crippen molar-refractivity contribution >= 4 is 28.6 Å². The Hall–Kier alpha value is -3.63. The highest BCUT2D eigenvalue weighted by Gasteiger charge is 2.29. The molecular formula is C20H21F2N7O2. The molecule has 0 unspecified atom stereocenters. The number of alkyl halides is 2. The highest BCUT2D eigenvalue weighted by molar-refractivity contribution is 5.87. The molecular weight excluding hydrogens is 408 g/mol. The van der Waals surface area contributed by atoms with Crippen LogP contribution >= 0.6 is 0 Å². The maximum absolute atomic E-state index is 12.5. The molecule has 1 amide bonds. The lowest BCUT2D eigenvalue weighted by molar-refractivity contribution is -0.132. The zero-order valence-electron chi connectivity index (χ0n) is 16.6. The summed E-state index contributed by atoms with van der Waals surface area (Å²) in [5.41, 5.74) is 0.759. The third-order valence-electron chi connectivity index (χ3n) is 5.14. The molecule has 0 bridgehead atoms. The number of aromatic nitrogens is 5. The Bertz CT molecular complexity index is 1170. The molecule has 0 atom stereocenters.